The smallest absolute Gasteiger partial charge is 0.239 e. The van der Waals surface area contributed by atoms with Crippen LogP contribution in [0.3, 0.4) is 0 Å². The number of hydrogen-bond acceptors (Lipinski definition) is 4. The van der Waals surface area contributed by atoms with Crippen LogP contribution in [-0.2, 0) is 11.3 Å². The molecule has 0 atom stereocenters. The number of aromatic amines is 1. The Hall–Kier alpha value is -2.77. The molecule has 0 saturated carbocycles. The molecule has 3 rings (SSSR count). The molecule has 0 saturated heterocycles. The Labute approximate surface area is 155 Å². The van der Waals surface area contributed by atoms with Gasteiger partial charge in [-0.05, 0) is 43.4 Å². The average molecular weight is 374 g/mol. The third-order valence-electron chi connectivity index (χ3n) is 3.70. The lowest BCUT2D eigenvalue weighted by atomic mass is 10.1. The quantitative estimate of drug-likeness (QED) is 0.695. The highest BCUT2D eigenvalue weighted by Crippen LogP contribution is 2.22. The predicted molar refractivity (Wildman–Crippen MR) is 98.2 cm³/mol. The standard InChI is InChI=1S/C18H17ClFN5O/c1-25(11-17(26)23-16-7-4-14(19)9-21-16)10-13-8-22-24-18(13)12-2-5-15(20)6-3-12/h2-9H,10-11H2,1H3,(H,22,24)(H,21,23,26). The largest absolute Gasteiger partial charge is 0.310 e. The zero-order valence-electron chi connectivity index (χ0n) is 14.0. The van der Waals surface area contributed by atoms with Crippen LogP contribution in [0.1, 0.15) is 5.56 Å². The van der Waals surface area contributed by atoms with Crippen molar-refractivity contribution in [2.45, 2.75) is 6.54 Å². The molecule has 26 heavy (non-hydrogen) atoms. The van der Waals surface area contributed by atoms with Gasteiger partial charge < -0.3 is 5.32 Å². The van der Waals surface area contributed by atoms with Gasteiger partial charge in [-0.1, -0.05) is 11.6 Å². The van der Waals surface area contributed by atoms with E-state index >= 15 is 0 Å². The molecule has 134 valence electrons. The van der Waals surface area contributed by atoms with E-state index in [1.165, 1.54) is 18.3 Å². The first-order chi connectivity index (χ1) is 12.5. The number of rotatable bonds is 6. The minimum absolute atomic E-state index is 0.179. The Morgan fingerprint density at radius 2 is 2.00 bits per heavy atom. The number of benzene rings is 1. The highest BCUT2D eigenvalue weighted by atomic mass is 35.5. The van der Waals surface area contributed by atoms with Crippen molar-refractivity contribution in [3.8, 4) is 11.3 Å². The van der Waals surface area contributed by atoms with Crippen LogP contribution in [0.15, 0.2) is 48.8 Å². The number of likely N-dealkylation sites (N-methyl/N-ethyl adjacent to an activating group) is 1. The van der Waals surface area contributed by atoms with Gasteiger partial charge in [-0.25, -0.2) is 9.37 Å². The van der Waals surface area contributed by atoms with Crippen molar-refractivity contribution in [2.24, 2.45) is 0 Å². The van der Waals surface area contributed by atoms with Crippen molar-refractivity contribution >= 4 is 23.3 Å². The maximum atomic E-state index is 13.1. The second-order valence-electron chi connectivity index (χ2n) is 5.86. The second kappa shape index (κ2) is 8.07. The molecule has 2 N–H and O–H groups in total. The molecule has 0 aliphatic rings. The Morgan fingerprint density at radius 3 is 2.69 bits per heavy atom. The van der Waals surface area contributed by atoms with Gasteiger partial charge in [0.1, 0.15) is 11.6 Å². The van der Waals surface area contributed by atoms with Crippen LogP contribution in [0.4, 0.5) is 10.2 Å². The normalized spacial score (nSPS) is 10.9. The topological polar surface area (TPSA) is 73.9 Å². The van der Waals surface area contributed by atoms with Crippen molar-refractivity contribution < 1.29 is 9.18 Å². The predicted octanol–water partition coefficient (Wildman–Crippen LogP) is 3.33. The van der Waals surface area contributed by atoms with Gasteiger partial charge in [0.25, 0.3) is 0 Å². The molecule has 3 aromatic rings. The minimum Gasteiger partial charge on any atom is -0.310 e. The van der Waals surface area contributed by atoms with Crippen LogP contribution < -0.4 is 5.32 Å². The van der Waals surface area contributed by atoms with Crippen LogP contribution in [0, 0.1) is 5.82 Å². The molecule has 0 bridgehead atoms. The number of anilines is 1. The van der Waals surface area contributed by atoms with Gasteiger partial charge in [-0.15, -0.1) is 0 Å². The molecule has 2 heterocycles. The Balaban J connectivity index is 1.61. The number of pyridine rings is 1. The maximum absolute atomic E-state index is 13.1. The van der Waals surface area contributed by atoms with E-state index in [0.29, 0.717) is 17.4 Å². The van der Waals surface area contributed by atoms with E-state index in [1.807, 2.05) is 11.9 Å². The number of carbonyl (C=O) groups excluding carboxylic acids is 1. The molecule has 1 aromatic carbocycles. The number of carbonyl (C=O) groups is 1. The van der Waals surface area contributed by atoms with E-state index in [0.717, 1.165) is 16.8 Å². The molecule has 8 heteroatoms. The van der Waals surface area contributed by atoms with Gasteiger partial charge in [0.05, 0.1) is 23.5 Å². The van der Waals surface area contributed by atoms with Crippen LogP contribution in [0.5, 0.6) is 0 Å². The maximum Gasteiger partial charge on any atom is 0.239 e. The third-order valence-corrected chi connectivity index (χ3v) is 3.92. The molecule has 1 amide bonds. The second-order valence-corrected chi connectivity index (χ2v) is 6.30. The zero-order valence-corrected chi connectivity index (χ0v) is 14.8. The van der Waals surface area contributed by atoms with Crippen LogP contribution in [0.25, 0.3) is 11.3 Å². The number of aromatic nitrogens is 3. The Bertz CT molecular complexity index is 879. The fourth-order valence-corrected chi connectivity index (χ4v) is 2.63. The van der Waals surface area contributed by atoms with Gasteiger partial charge in [0.2, 0.25) is 5.91 Å². The van der Waals surface area contributed by atoms with E-state index in [2.05, 4.69) is 20.5 Å². The Morgan fingerprint density at radius 1 is 1.23 bits per heavy atom. The summed E-state index contributed by atoms with van der Waals surface area (Å²) in [7, 11) is 1.83. The number of halogens is 2. The molecule has 0 aliphatic carbocycles. The van der Waals surface area contributed by atoms with Gasteiger partial charge in [0.15, 0.2) is 0 Å². The SMILES string of the molecule is CN(CC(=O)Nc1ccc(Cl)cn1)Cc1cn[nH]c1-c1ccc(F)cc1. The number of amides is 1. The molecule has 0 radical (unpaired) electrons. The van der Waals surface area contributed by atoms with Crippen molar-refractivity contribution in [3.63, 3.8) is 0 Å². The molecule has 0 fully saturated rings. The number of hydrogen-bond donors (Lipinski definition) is 2. The van der Waals surface area contributed by atoms with Crippen molar-refractivity contribution in [1.82, 2.24) is 20.1 Å². The summed E-state index contributed by atoms with van der Waals surface area (Å²) in [5, 5.41) is 10.2. The first-order valence-electron chi connectivity index (χ1n) is 7.89. The van der Waals surface area contributed by atoms with E-state index in [4.69, 9.17) is 11.6 Å². The van der Waals surface area contributed by atoms with Crippen molar-refractivity contribution in [1.29, 1.82) is 0 Å². The lowest BCUT2D eigenvalue weighted by molar-refractivity contribution is -0.117. The fourth-order valence-electron chi connectivity index (χ4n) is 2.52. The van der Waals surface area contributed by atoms with Crippen LogP contribution >= 0.6 is 11.6 Å². The first-order valence-corrected chi connectivity index (χ1v) is 8.27. The highest BCUT2D eigenvalue weighted by molar-refractivity contribution is 6.30. The molecular formula is C18H17ClFN5O. The summed E-state index contributed by atoms with van der Waals surface area (Å²) in [5.74, 6) is -0.0309. The number of nitrogens with zero attached hydrogens (tertiary/aromatic N) is 3. The summed E-state index contributed by atoms with van der Waals surface area (Å²) >= 11 is 5.77. The summed E-state index contributed by atoms with van der Waals surface area (Å²) in [6.45, 7) is 0.684. The van der Waals surface area contributed by atoms with Gasteiger partial charge >= 0.3 is 0 Å². The molecule has 0 aliphatic heterocycles. The van der Waals surface area contributed by atoms with E-state index in [1.54, 1.807) is 30.5 Å². The minimum atomic E-state index is -0.292. The van der Waals surface area contributed by atoms with Crippen LogP contribution in [0.2, 0.25) is 5.02 Å². The summed E-state index contributed by atoms with van der Waals surface area (Å²) in [4.78, 5) is 18.0. The average Bonchev–Trinajstić information content (AvgIpc) is 3.05. The molecule has 2 aromatic heterocycles. The first kappa shape index (κ1) is 18.0. The van der Waals surface area contributed by atoms with Gasteiger partial charge in [-0.3, -0.25) is 14.8 Å². The van der Waals surface area contributed by atoms with E-state index in [-0.39, 0.29) is 18.3 Å². The molecular weight excluding hydrogens is 357 g/mol. The monoisotopic (exact) mass is 373 g/mol. The molecule has 0 spiro atoms. The fraction of sp³-hybridized carbons (Fsp3) is 0.167. The number of H-pyrrole nitrogens is 1. The van der Waals surface area contributed by atoms with Gasteiger partial charge in [-0.2, -0.15) is 5.10 Å². The zero-order chi connectivity index (χ0) is 18.5. The summed E-state index contributed by atoms with van der Waals surface area (Å²) in [6, 6.07) is 9.47. The summed E-state index contributed by atoms with van der Waals surface area (Å²) < 4.78 is 13.1. The number of nitrogens with one attached hydrogen (secondary N) is 2. The van der Waals surface area contributed by atoms with Crippen molar-refractivity contribution in [3.05, 3.63) is 65.2 Å². The molecule has 0 unspecified atom stereocenters. The highest BCUT2D eigenvalue weighted by Gasteiger charge is 2.13. The third kappa shape index (κ3) is 4.65. The lowest BCUT2D eigenvalue weighted by Gasteiger charge is -2.16. The van der Waals surface area contributed by atoms with E-state index in [9.17, 15) is 9.18 Å². The van der Waals surface area contributed by atoms with Crippen LogP contribution in [-0.4, -0.2) is 39.6 Å². The summed E-state index contributed by atoms with van der Waals surface area (Å²) in [6.07, 6.45) is 3.18. The van der Waals surface area contributed by atoms with E-state index < -0.39 is 0 Å². The lowest BCUT2D eigenvalue weighted by Crippen LogP contribution is -2.30. The van der Waals surface area contributed by atoms with Crippen molar-refractivity contribution in [2.75, 3.05) is 18.9 Å². The summed E-state index contributed by atoms with van der Waals surface area (Å²) in [5.41, 5.74) is 2.55. The molecule has 6 nitrogen and oxygen atoms in total. The Kier molecular flexibility index (Phi) is 5.60. The van der Waals surface area contributed by atoms with Gasteiger partial charge in [0, 0.05) is 23.9 Å².